The summed E-state index contributed by atoms with van der Waals surface area (Å²) in [6, 6.07) is 8.20. The summed E-state index contributed by atoms with van der Waals surface area (Å²) in [4.78, 5) is 1.27. The Bertz CT molecular complexity index is 246. The zero-order chi connectivity index (χ0) is 9.68. The van der Waals surface area contributed by atoms with Gasteiger partial charge < -0.3 is 5.21 Å². The smallest absolute Gasteiger partial charge is 0.0458 e. The summed E-state index contributed by atoms with van der Waals surface area (Å²) >= 11 is 1.84. The molecule has 2 N–H and O–H groups in total. The van der Waals surface area contributed by atoms with E-state index in [-0.39, 0.29) is 0 Å². The molecular formula is C10H15NOS. The number of hydrogen-bond acceptors (Lipinski definition) is 3. The summed E-state index contributed by atoms with van der Waals surface area (Å²) < 4.78 is 0. The zero-order valence-electron chi connectivity index (χ0n) is 7.95. The summed E-state index contributed by atoms with van der Waals surface area (Å²) in [6.45, 7) is 4.86. The first-order valence-electron chi connectivity index (χ1n) is 4.35. The highest BCUT2D eigenvalue weighted by atomic mass is 32.2. The fourth-order valence-corrected chi connectivity index (χ4v) is 1.89. The van der Waals surface area contributed by atoms with Crippen molar-refractivity contribution in [3.05, 3.63) is 29.8 Å². The molecule has 0 heterocycles. The topological polar surface area (TPSA) is 32.3 Å². The van der Waals surface area contributed by atoms with Gasteiger partial charge in [-0.25, -0.2) is 5.48 Å². The summed E-state index contributed by atoms with van der Waals surface area (Å²) in [5.41, 5.74) is 3.23. The highest BCUT2D eigenvalue weighted by Gasteiger charge is 1.97. The SMILES string of the molecule is CC(C)Sc1ccc(CNO)cc1. The first-order chi connectivity index (χ1) is 6.22. The normalized spacial score (nSPS) is 10.8. The maximum atomic E-state index is 8.48. The largest absolute Gasteiger partial charge is 0.316 e. The van der Waals surface area contributed by atoms with E-state index in [1.165, 1.54) is 4.90 Å². The standard InChI is InChI=1S/C10H15NOS/c1-8(2)13-10-5-3-9(4-6-10)7-11-12/h3-6,8,11-12H,7H2,1-2H3. The Balaban J connectivity index is 2.59. The van der Waals surface area contributed by atoms with Gasteiger partial charge in [0, 0.05) is 16.7 Å². The van der Waals surface area contributed by atoms with Crippen LogP contribution in [-0.4, -0.2) is 10.5 Å². The summed E-state index contributed by atoms with van der Waals surface area (Å²) in [5, 5.41) is 9.09. The monoisotopic (exact) mass is 197 g/mol. The van der Waals surface area contributed by atoms with Crippen LogP contribution in [0.5, 0.6) is 0 Å². The number of benzene rings is 1. The molecule has 13 heavy (non-hydrogen) atoms. The highest BCUT2D eigenvalue weighted by Crippen LogP contribution is 2.22. The lowest BCUT2D eigenvalue weighted by atomic mass is 10.2. The van der Waals surface area contributed by atoms with Crippen molar-refractivity contribution in [3.8, 4) is 0 Å². The molecule has 0 unspecified atom stereocenters. The first kappa shape index (κ1) is 10.6. The lowest BCUT2D eigenvalue weighted by molar-refractivity contribution is 0.161. The maximum Gasteiger partial charge on any atom is 0.0458 e. The molecule has 0 fully saturated rings. The van der Waals surface area contributed by atoms with Crippen LogP contribution in [0.25, 0.3) is 0 Å². The van der Waals surface area contributed by atoms with E-state index in [1.54, 1.807) is 0 Å². The Morgan fingerprint density at radius 1 is 1.31 bits per heavy atom. The van der Waals surface area contributed by atoms with Crippen LogP contribution in [0.3, 0.4) is 0 Å². The van der Waals surface area contributed by atoms with Crippen molar-refractivity contribution in [1.29, 1.82) is 0 Å². The van der Waals surface area contributed by atoms with E-state index in [2.05, 4.69) is 31.5 Å². The van der Waals surface area contributed by atoms with Gasteiger partial charge in [-0.15, -0.1) is 11.8 Å². The van der Waals surface area contributed by atoms with Crippen molar-refractivity contribution < 1.29 is 5.21 Å². The third-order valence-electron chi connectivity index (χ3n) is 1.58. The maximum absolute atomic E-state index is 8.48. The van der Waals surface area contributed by atoms with Crippen LogP contribution < -0.4 is 5.48 Å². The second-order valence-corrected chi connectivity index (χ2v) is 4.80. The molecule has 3 heteroatoms. The lowest BCUT2D eigenvalue weighted by Gasteiger charge is -2.05. The third-order valence-corrected chi connectivity index (χ3v) is 2.59. The van der Waals surface area contributed by atoms with Gasteiger partial charge in [-0.05, 0) is 17.7 Å². The molecule has 1 aromatic rings. The van der Waals surface area contributed by atoms with Gasteiger partial charge in [0.2, 0.25) is 0 Å². The predicted octanol–water partition coefficient (Wildman–Crippen LogP) is 2.67. The molecule has 0 aliphatic heterocycles. The van der Waals surface area contributed by atoms with E-state index in [4.69, 9.17) is 5.21 Å². The van der Waals surface area contributed by atoms with Crippen LogP contribution in [0.2, 0.25) is 0 Å². The van der Waals surface area contributed by atoms with Crippen molar-refractivity contribution in [1.82, 2.24) is 5.48 Å². The Hall–Kier alpha value is -0.510. The molecule has 0 bridgehead atoms. The highest BCUT2D eigenvalue weighted by molar-refractivity contribution is 7.99. The van der Waals surface area contributed by atoms with Gasteiger partial charge in [0.05, 0.1) is 0 Å². The summed E-state index contributed by atoms with van der Waals surface area (Å²) in [6.07, 6.45) is 0. The van der Waals surface area contributed by atoms with Crippen molar-refractivity contribution in [2.24, 2.45) is 0 Å². The zero-order valence-corrected chi connectivity index (χ0v) is 8.77. The first-order valence-corrected chi connectivity index (χ1v) is 5.23. The summed E-state index contributed by atoms with van der Waals surface area (Å²) in [5.74, 6) is 0. The van der Waals surface area contributed by atoms with Gasteiger partial charge in [-0.2, -0.15) is 0 Å². The Kier molecular flexibility index (Phi) is 4.28. The summed E-state index contributed by atoms with van der Waals surface area (Å²) in [7, 11) is 0. The second kappa shape index (κ2) is 5.27. The molecule has 0 saturated heterocycles. The average molecular weight is 197 g/mol. The van der Waals surface area contributed by atoms with Gasteiger partial charge in [-0.1, -0.05) is 26.0 Å². The van der Waals surface area contributed by atoms with E-state index >= 15 is 0 Å². The molecule has 0 aromatic heterocycles. The molecule has 0 amide bonds. The van der Waals surface area contributed by atoms with Crippen molar-refractivity contribution >= 4 is 11.8 Å². The van der Waals surface area contributed by atoms with Crippen molar-refractivity contribution in [2.75, 3.05) is 0 Å². The molecule has 0 radical (unpaired) electrons. The van der Waals surface area contributed by atoms with Gasteiger partial charge in [0.25, 0.3) is 0 Å². The van der Waals surface area contributed by atoms with Gasteiger partial charge >= 0.3 is 0 Å². The molecule has 0 saturated carbocycles. The van der Waals surface area contributed by atoms with Crippen LogP contribution in [-0.2, 0) is 6.54 Å². The van der Waals surface area contributed by atoms with E-state index < -0.39 is 0 Å². The number of nitrogens with one attached hydrogen (secondary N) is 1. The minimum Gasteiger partial charge on any atom is -0.316 e. The second-order valence-electron chi connectivity index (χ2n) is 3.15. The molecule has 0 aliphatic rings. The minimum absolute atomic E-state index is 0.507. The van der Waals surface area contributed by atoms with Crippen LogP contribution in [0.4, 0.5) is 0 Å². The minimum atomic E-state index is 0.507. The molecule has 1 rings (SSSR count). The number of thioether (sulfide) groups is 1. The molecule has 0 aliphatic carbocycles. The molecule has 72 valence electrons. The van der Waals surface area contributed by atoms with Crippen molar-refractivity contribution in [3.63, 3.8) is 0 Å². The number of hydroxylamine groups is 1. The molecule has 2 nitrogen and oxygen atoms in total. The Labute approximate surface area is 83.3 Å². The number of rotatable bonds is 4. The average Bonchev–Trinajstić information content (AvgIpc) is 2.08. The quantitative estimate of drug-likeness (QED) is 0.575. The van der Waals surface area contributed by atoms with Gasteiger partial charge in [0.1, 0.15) is 0 Å². The van der Waals surface area contributed by atoms with Crippen molar-refractivity contribution in [2.45, 2.75) is 30.5 Å². The van der Waals surface area contributed by atoms with Gasteiger partial charge in [0.15, 0.2) is 0 Å². The van der Waals surface area contributed by atoms with Crippen LogP contribution in [0.15, 0.2) is 29.2 Å². The van der Waals surface area contributed by atoms with E-state index in [1.807, 2.05) is 23.9 Å². The fourth-order valence-electron chi connectivity index (χ4n) is 1.05. The Morgan fingerprint density at radius 2 is 1.92 bits per heavy atom. The molecule has 0 spiro atoms. The van der Waals surface area contributed by atoms with E-state index in [9.17, 15) is 0 Å². The van der Waals surface area contributed by atoms with Crippen LogP contribution in [0.1, 0.15) is 19.4 Å². The van der Waals surface area contributed by atoms with E-state index in [0.717, 1.165) is 5.56 Å². The molecule has 1 aromatic carbocycles. The Morgan fingerprint density at radius 3 is 2.38 bits per heavy atom. The third kappa shape index (κ3) is 3.81. The number of hydrogen-bond donors (Lipinski definition) is 2. The van der Waals surface area contributed by atoms with E-state index in [0.29, 0.717) is 11.8 Å². The molecule has 0 atom stereocenters. The molecular weight excluding hydrogens is 182 g/mol. The van der Waals surface area contributed by atoms with Crippen LogP contribution >= 0.6 is 11.8 Å². The predicted molar refractivity (Wildman–Crippen MR) is 56.1 cm³/mol. The fraction of sp³-hybridized carbons (Fsp3) is 0.400. The van der Waals surface area contributed by atoms with Gasteiger partial charge in [-0.3, -0.25) is 0 Å². The van der Waals surface area contributed by atoms with Crippen LogP contribution in [0, 0.1) is 0 Å². The lowest BCUT2D eigenvalue weighted by Crippen LogP contribution is -2.05.